The van der Waals surface area contributed by atoms with E-state index in [1.165, 1.54) is 17.7 Å². The SMILES string of the molecule is CCCc1ccc(OCCNC(=O)c2ccc(NS(=O)(=O)c3ccccc3)cc2)cc1. The van der Waals surface area contributed by atoms with Crippen molar-refractivity contribution in [3.8, 4) is 5.75 Å². The predicted octanol–water partition coefficient (Wildman–Crippen LogP) is 4.25. The fourth-order valence-corrected chi connectivity index (χ4v) is 4.06. The number of anilines is 1. The van der Waals surface area contributed by atoms with Gasteiger partial charge in [0.25, 0.3) is 15.9 Å². The molecule has 0 aliphatic rings. The summed E-state index contributed by atoms with van der Waals surface area (Å²) in [5.74, 6) is 0.517. The maximum absolute atomic E-state index is 12.4. The zero-order valence-corrected chi connectivity index (χ0v) is 18.2. The first-order valence-electron chi connectivity index (χ1n) is 10.2. The van der Waals surface area contributed by atoms with Crippen LogP contribution in [-0.4, -0.2) is 27.5 Å². The van der Waals surface area contributed by atoms with Gasteiger partial charge in [0.1, 0.15) is 12.4 Å². The van der Waals surface area contributed by atoms with Gasteiger partial charge in [0.2, 0.25) is 0 Å². The van der Waals surface area contributed by atoms with Crippen LogP contribution >= 0.6 is 0 Å². The fraction of sp³-hybridized carbons (Fsp3) is 0.208. The van der Waals surface area contributed by atoms with Crippen molar-refractivity contribution in [3.05, 3.63) is 90.0 Å². The van der Waals surface area contributed by atoms with E-state index in [0.717, 1.165) is 18.6 Å². The summed E-state index contributed by atoms with van der Waals surface area (Å²) in [6.45, 7) is 2.86. The van der Waals surface area contributed by atoms with E-state index >= 15 is 0 Å². The number of ether oxygens (including phenoxy) is 1. The van der Waals surface area contributed by atoms with Gasteiger partial charge in [0, 0.05) is 11.3 Å². The van der Waals surface area contributed by atoms with Crippen molar-refractivity contribution in [1.29, 1.82) is 0 Å². The highest BCUT2D eigenvalue weighted by Gasteiger charge is 2.13. The van der Waals surface area contributed by atoms with Crippen LogP contribution < -0.4 is 14.8 Å². The van der Waals surface area contributed by atoms with Gasteiger partial charge in [0.15, 0.2) is 0 Å². The minimum absolute atomic E-state index is 0.178. The summed E-state index contributed by atoms with van der Waals surface area (Å²) in [7, 11) is -3.66. The lowest BCUT2D eigenvalue weighted by Crippen LogP contribution is -2.28. The minimum Gasteiger partial charge on any atom is -0.492 e. The number of nitrogens with one attached hydrogen (secondary N) is 2. The maximum Gasteiger partial charge on any atom is 0.261 e. The lowest BCUT2D eigenvalue weighted by atomic mass is 10.1. The topological polar surface area (TPSA) is 84.5 Å². The molecular weight excluding hydrogens is 412 g/mol. The van der Waals surface area contributed by atoms with Crippen LogP contribution in [0, 0.1) is 0 Å². The van der Waals surface area contributed by atoms with Crippen LogP contribution in [0.3, 0.4) is 0 Å². The van der Waals surface area contributed by atoms with E-state index in [1.54, 1.807) is 42.5 Å². The van der Waals surface area contributed by atoms with Gasteiger partial charge >= 0.3 is 0 Å². The third-order valence-corrected chi connectivity index (χ3v) is 5.97. The molecule has 0 aromatic heterocycles. The second-order valence-corrected chi connectivity index (χ2v) is 8.68. The third-order valence-electron chi connectivity index (χ3n) is 4.57. The molecule has 31 heavy (non-hydrogen) atoms. The first-order valence-corrected chi connectivity index (χ1v) is 11.6. The van der Waals surface area contributed by atoms with Gasteiger partial charge in [-0.15, -0.1) is 0 Å². The largest absolute Gasteiger partial charge is 0.492 e. The van der Waals surface area contributed by atoms with Crippen molar-refractivity contribution in [1.82, 2.24) is 5.32 Å². The molecule has 3 aromatic carbocycles. The molecule has 0 saturated heterocycles. The molecule has 0 unspecified atom stereocenters. The molecular formula is C24H26N2O4S. The maximum atomic E-state index is 12.4. The Bertz CT molecular complexity index is 1080. The highest BCUT2D eigenvalue weighted by atomic mass is 32.2. The molecule has 2 N–H and O–H groups in total. The van der Waals surface area contributed by atoms with Crippen molar-refractivity contribution in [2.45, 2.75) is 24.7 Å². The number of benzene rings is 3. The number of hydrogen-bond donors (Lipinski definition) is 2. The predicted molar refractivity (Wildman–Crippen MR) is 122 cm³/mol. The fourth-order valence-electron chi connectivity index (χ4n) is 2.98. The quantitative estimate of drug-likeness (QED) is 0.464. The van der Waals surface area contributed by atoms with E-state index < -0.39 is 10.0 Å². The van der Waals surface area contributed by atoms with Crippen LogP contribution in [0.2, 0.25) is 0 Å². The summed E-state index contributed by atoms with van der Waals surface area (Å²) >= 11 is 0. The van der Waals surface area contributed by atoms with Gasteiger partial charge in [0.05, 0.1) is 11.4 Å². The summed E-state index contributed by atoms with van der Waals surface area (Å²) in [6, 6.07) is 22.3. The number of sulfonamides is 1. The van der Waals surface area contributed by atoms with E-state index in [9.17, 15) is 13.2 Å². The number of hydrogen-bond acceptors (Lipinski definition) is 4. The Morgan fingerprint density at radius 1 is 0.903 bits per heavy atom. The molecule has 6 nitrogen and oxygen atoms in total. The Labute approximate surface area is 183 Å². The Kier molecular flexibility index (Phi) is 7.67. The first-order chi connectivity index (χ1) is 15.0. The molecule has 162 valence electrons. The Morgan fingerprint density at radius 3 is 2.23 bits per heavy atom. The smallest absolute Gasteiger partial charge is 0.261 e. The number of carbonyl (C=O) groups is 1. The molecule has 1 amide bonds. The van der Waals surface area contributed by atoms with Crippen LogP contribution in [0.5, 0.6) is 5.75 Å². The van der Waals surface area contributed by atoms with E-state index in [2.05, 4.69) is 17.0 Å². The van der Waals surface area contributed by atoms with Crippen LogP contribution in [-0.2, 0) is 16.4 Å². The summed E-state index contributed by atoms with van der Waals surface area (Å²) in [5, 5.41) is 2.79. The molecule has 3 aromatic rings. The van der Waals surface area contributed by atoms with Crippen LogP contribution in [0.4, 0.5) is 5.69 Å². The van der Waals surface area contributed by atoms with Gasteiger partial charge in [-0.3, -0.25) is 9.52 Å². The monoisotopic (exact) mass is 438 g/mol. The average Bonchev–Trinajstić information content (AvgIpc) is 2.79. The molecule has 7 heteroatoms. The zero-order valence-electron chi connectivity index (χ0n) is 17.4. The zero-order chi connectivity index (χ0) is 22.1. The van der Waals surface area contributed by atoms with Crippen molar-refractivity contribution in [2.75, 3.05) is 17.9 Å². The van der Waals surface area contributed by atoms with Crippen LogP contribution in [0.1, 0.15) is 29.3 Å². The molecule has 3 rings (SSSR count). The highest BCUT2D eigenvalue weighted by Crippen LogP contribution is 2.16. The number of carbonyl (C=O) groups excluding carboxylic acids is 1. The van der Waals surface area contributed by atoms with E-state index in [0.29, 0.717) is 24.4 Å². The van der Waals surface area contributed by atoms with Crippen molar-refractivity contribution in [2.24, 2.45) is 0 Å². The molecule has 0 bridgehead atoms. The van der Waals surface area contributed by atoms with Gasteiger partial charge < -0.3 is 10.1 Å². The lowest BCUT2D eigenvalue weighted by Gasteiger charge is -2.10. The second kappa shape index (κ2) is 10.6. The highest BCUT2D eigenvalue weighted by molar-refractivity contribution is 7.92. The van der Waals surface area contributed by atoms with Crippen molar-refractivity contribution in [3.63, 3.8) is 0 Å². The molecule has 0 radical (unpaired) electrons. The van der Waals surface area contributed by atoms with Crippen LogP contribution in [0.25, 0.3) is 0 Å². The molecule has 0 atom stereocenters. The lowest BCUT2D eigenvalue weighted by molar-refractivity contribution is 0.0947. The minimum atomic E-state index is -3.66. The van der Waals surface area contributed by atoms with E-state index in [4.69, 9.17) is 4.74 Å². The van der Waals surface area contributed by atoms with Gasteiger partial charge in [-0.05, 0) is 60.5 Å². The van der Waals surface area contributed by atoms with Crippen molar-refractivity contribution < 1.29 is 17.9 Å². The van der Waals surface area contributed by atoms with Gasteiger partial charge in [-0.25, -0.2) is 8.42 Å². The molecule has 0 fully saturated rings. The summed E-state index contributed by atoms with van der Waals surface area (Å²) in [6.07, 6.45) is 2.15. The van der Waals surface area contributed by atoms with Gasteiger partial charge in [-0.2, -0.15) is 0 Å². The second-order valence-electron chi connectivity index (χ2n) is 6.99. The summed E-state index contributed by atoms with van der Waals surface area (Å²) in [5.41, 5.74) is 2.10. The number of rotatable bonds is 10. The molecule has 0 saturated carbocycles. The van der Waals surface area contributed by atoms with E-state index in [1.807, 2.05) is 24.3 Å². The number of amides is 1. The third kappa shape index (κ3) is 6.58. The van der Waals surface area contributed by atoms with E-state index in [-0.39, 0.29) is 10.8 Å². The molecule has 0 spiro atoms. The van der Waals surface area contributed by atoms with Gasteiger partial charge in [-0.1, -0.05) is 43.7 Å². The van der Waals surface area contributed by atoms with Crippen molar-refractivity contribution >= 4 is 21.6 Å². The standard InChI is InChI=1S/C24H26N2O4S/c1-2-6-19-9-15-22(16-10-19)30-18-17-25-24(27)20-11-13-21(14-12-20)26-31(28,29)23-7-4-3-5-8-23/h3-5,7-16,26H,2,6,17-18H2,1H3,(H,25,27). The Hall–Kier alpha value is -3.32. The Balaban J connectivity index is 1.46. The molecule has 0 aliphatic heterocycles. The Morgan fingerprint density at radius 2 is 1.58 bits per heavy atom. The van der Waals surface area contributed by atoms with Crippen LogP contribution in [0.15, 0.2) is 83.8 Å². The molecule has 0 heterocycles. The number of aryl methyl sites for hydroxylation is 1. The normalized spacial score (nSPS) is 11.0. The molecule has 0 aliphatic carbocycles. The summed E-state index contributed by atoms with van der Waals surface area (Å²) < 4.78 is 32.9. The summed E-state index contributed by atoms with van der Waals surface area (Å²) in [4.78, 5) is 12.5. The average molecular weight is 439 g/mol. The first kappa shape index (κ1) is 22.4.